The molecule has 1 aliphatic rings. The highest BCUT2D eigenvalue weighted by Crippen LogP contribution is 2.40. The third-order valence-electron chi connectivity index (χ3n) is 4.53. The molecule has 1 fully saturated rings. The SMILES string of the molecule is COC(=O)[C@H](Cc1cnc[nH]1)NC(=O)C1(CNC(=O)OC(C)(C)C)CCC1. The zero-order chi connectivity index (χ0) is 20.1. The van der Waals surface area contributed by atoms with E-state index in [4.69, 9.17) is 9.47 Å². The van der Waals surface area contributed by atoms with Crippen LogP contribution in [0, 0.1) is 5.41 Å². The lowest BCUT2D eigenvalue weighted by atomic mass is 9.68. The Kier molecular flexibility index (Phi) is 6.45. The highest BCUT2D eigenvalue weighted by atomic mass is 16.6. The summed E-state index contributed by atoms with van der Waals surface area (Å²) in [5, 5.41) is 5.44. The minimum atomic E-state index is -0.832. The number of esters is 1. The second-order valence-electron chi connectivity index (χ2n) is 7.82. The van der Waals surface area contributed by atoms with Crippen LogP contribution in [0.5, 0.6) is 0 Å². The second kappa shape index (κ2) is 8.41. The van der Waals surface area contributed by atoms with Crippen LogP contribution in [0.2, 0.25) is 0 Å². The molecule has 1 aliphatic carbocycles. The minimum Gasteiger partial charge on any atom is -0.467 e. The molecule has 0 unspecified atom stereocenters. The van der Waals surface area contributed by atoms with Crippen LogP contribution >= 0.6 is 0 Å². The predicted octanol–water partition coefficient (Wildman–Crippen LogP) is 1.30. The first kappa shape index (κ1) is 20.7. The summed E-state index contributed by atoms with van der Waals surface area (Å²) in [5.74, 6) is -0.813. The van der Waals surface area contributed by atoms with Gasteiger partial charge in [-0.15, -0.1) is 0 Å². The molecular formula is C18H28N4O5. The Morgan fingerprint density at radius 2 is 2.04 bits per heavy atom. The molecule has 0 aromatic carbocycles. The molecular weight excluding hydrogens is 352 g/mol. The normalized spacial score (nSPS) is 16.6. The van der Waals surface area contributed by atoms with Gasteiger partial charge in [-0.05, 0) is 33.6 Å². The van der Waals surface area contributed by atoms with Crippen molar-refractivity contribution in [3.8, 4) is 0 Å². The van der Waals surface area contributed by atoms with E-state index in [1.807, 2.05) is 0 Å². The summed E-state index contributed by atoms with van der Waals surface area (Å²) >= 11 is 0. The van der Waals surface area contributed by atoms with E-state index in [9.17, 15) is 14.4 Å². The van der Waals surface area contributed by atoms with Crippen LogP contribution in [-0.2, 0) is 25.5 Å². The zero-order valence-electron chi connectivity index (χ0n) is 16.3. The third-order valence-corrected chi connectivity index (χ3v) is 4.53. The van der Waals surface area contributed by atoms with Gasteiger partial charge in [0.1, 0.15) is 11.6 Å². The van der Waals surface area contributed by atoms with Gasteiger partial charge in [-0.2, -0.15) is 0 Å². The average Bonchev–Trinajstić information content (AvgIpc) is 3.03. The molecule has 1 aromatic heterocycles. The van der Waals surface area contributed by atoms with Crippen molar-refractivity contribution < 1.29 is 23.9 Å². The number of aromatic amines is 1. The topological polar surface area (TPSA) is 122 Å². The first-order valence-corrected chi connectivity index (χ1v) is 8.98. The maximum atomic E-state index is 12.9. The number of amides is 2. The summed E-state index contributed by atoms with van der Waals surface area (Å²) in [6.45, 7) is 5.48. The molecule has 9 nitrogen and oxygen atoms in total. The van der Waals surface area contributed by atoms with Gasteiger partial charge in [0.05, 0.1) is 18.9 Å². The van der Waals surface area contributed by atoms with E-state index in [1.54, 1.807) is 27.0 Å². The highest BCUT2D eigenvalue weighted by Gasteiger charge is 2.45. The van der Waals surface area contributed by atoms with Crippen molar-refractivity contribution >= 4 is 18.0 Å². The van der Waals surface area contributed by atoms with Crippen LogP contribution in [0.15, 0.2) is 12.5 Å². The molecule has 1 atom stereocenters. The van der Waals surface area contributed by atoms with Crippen LogP contribution in [0.4, 0.5) is 4.79 Å². The summed E-state index contributed by atoms with van der Waals surface area (Å²) in [4.78, 5) is 43.7. The monoisotopic (exact) mass is 380 g/mol. The number of nitrogens with one attached hydrogen (secondary N) is 3. The predicted molar refractivity (Wildman–Crippen MR) is 96.8 cm³/mol. The van der Waals surface area contributed by atoms with Crippen molar-refractivity contribution in [2.24, 2.45) is 5.41 Å². The quantitative estimate of drug-likeness (QED) is 0.613. The molecule has 0 saturated heterocycles. The molecule has 1 saturated carbocycles. The fraction of sp³-hybridized carbons (Fsp3) is 0.667. The largest absolute Gasteiger partial charge is 0.467 e. The number of methoxy groups -OCH3 is 1. The number of H-pyrrole nitrogens is 1. The van der Waals surface area contributed by atoms with Gasteiger partial charge in [0.25, 0.3) is 0 Å². The van der Waals surface area contributed by atoms with E-state index >= 15 is 0 Å². The molecule has 27 heavy (non-hydrogen) atoms. The maximum absolute atomic E-state index is 12.9. The maximum Gasteiger partial charge on any atom is 0.407 e. The number of carbonyl (C=O) groups is 3. The van der Waals surface area contributed by atoms with Crippen LogP contribution in [-0.4, -0.2) is 53.2 Å². The summed E-state index contributed by atoms with van der Waals surface area (Å²) in [5.41, 5.74) is -0.642. The lowest BCUT2D eigenvalue weighted by Crippen LogP contribution is -2.56. The number of imidazole rings is 1. The van der Waals surface area contributed by atoms with Crippen LogP contribution in [0.1, 0.15) is 45.7 Å². The number of carbonyl (C=O) groups excluding carboxylic acids is 3. The molecule has 1 heterocycles. The lowest BCUT2D eigenvalue weighted by Gasteiger charge is -2.41. The van der Waals surface area contributed by atoms with E-state index in [2.05, 4.69) is 20.6 Å². The van der Waals surface area contributed by atoms with E-state index in [1.165, 1.54) is 13.4 Å². The third kappa shape index (κ3) is 5.70. The fourth-order valence-corrected chi connectivity index (χ4v) is 2.91. The lowest BCUT2D eigenvalue weighted by molar-refractivity contribution is -0.148. The van der Waals surface area contributed by atoms with Crippen LogP contribution in [0.3, 0.4) is 0 Å². The Bertz CT molecular complexity index is 662. The molecule has 0 aliphatic heterocycles. The molecule has 2 rings (SSSR count). The number of rotatable bonds is 7. The van der Waals surface area contributed by atoms with Crippen molar-refractivity contribution in [2.75, 3.05) is 13.7 Å². The van der Waals surface area contributed by atoms with Crippen molar-refractivity contribution in [3.05, 3.63) is 18.2 Å². The minimum absolute atomic E-state index is 0.158. The first-order chi connectivity index (χ1) is 12.6. The average molecular weight is 380 g/mol. The molecule has 2 amide bonds. The van der Waals surface area contributed by atoms with Crippen LogP contribution < -0.4 is 10.6 Å². The molecule has 0 bridgehead atoms. The number of hydrogen-bond donors (Lipinski definition) is 3. The van der Waals surface area contributed by atoms with Gasteiger partial charge in [-0.1, -0.05) is 6.42 Å². The van der Waals surface area contributed by atoms with Gasteiger partial charge in [-0.25, -0.2) is 14.6 Å². The van der Waals surface area contributed by atoms with Crippen molar-refractivity contribution in [2.45, 2.75) is 58.1 Å². The van der Waals surface area contributed by atoms with Gasteiger partial charge < -0.3 is 25.1 Å². The number of alkyl carbamates (subject to hydrolysis) is 1. The summed E-state index contributed by atoms with van der Waals surface area (Å²) in [6, 6.07) is -0.832. The van der Waals surface area contributed by atoms with Gasteiger partial charge in [0.2, 0.25) is 5.91 Å². The van der Waals surface area contributed by atoms with E-state index in [0.29, 0.717) is 18.5 Å². The van der Waals surface area contributed by atoms with Gasteiger partial charge in [0.15, 0.2) is 0 Å². The van der Waals surface area contributed by atoms with E-state index in [-0.39, 0.29) is 18.9 Å². The second-order valence-corrected chi connectivity index (χ2v) is 7.82. The Morgan fingerprint density at radius 1 is 1.33 bits per heavy atom. The molecule has 3 N–H and O–H groups in total. The van der Waals surface area contributed by atoms with Crippen molar-refractivity contribution in [3.63, 3.8) is 0 Å². The smallest absolute Gasteiger partial charge is 0.407 e. The zero-order valence-corrected chi connectivity index (χ0v) is 16.3. The molecule has 9 heteroatoms. The van der Waals surface area contributed by atoms with Crippen LogP contribution in [0.25, 0.3) is 0 Å². The number of aromatic nitrogens is 2. The molecule has 1 aromatic rings. The Balaban J connectivity index is 1.99. The highest BCUT2D eigenvalue weighted by molar-refractivity contribution is 5.89. The number of nitrogens with zero attached hydrogens (tertiary/aromatic N) is 1. The Labute approximate surface area is 158 Å². The number of ether oxygens (including phenoxy) is 2. The Morgan fingerprint density at radius 3 is 2.52 bits per heavy atom. The van der Waals surface area contributed by atoms with Crippen molar-refractivity contribution in [1.29, 1.82) is 0 Å². The Hall–Kier alpha value is -2.58. The molecule has 0 spiro atoms. The van der Waals surface area contributed by atoms with Gasteiger partial charge >= 0.3 is 12.1 Å². The van der Waals surface area contributed by atoms with Crippen molar-refractivity contribution in [1.82, 2.24) is 20.6 Å². The van der Waals surface area contributed by atoms with E-state index < -0.39 is 29.1 Å². The van der Waals surface area contributed by atoms with Gasteiger partial charge in [-0.3, -0.25) is 4.79 Å². The first-order valence-electron chi connectivity index (χ1n) is 8.98. The summed E-state index contributed by atoms with van der Waals surface area (Å²) in [6.07, 6.45) is 4.91. The number of hydrogen-bond acceptors (Lipinski definition) is 6. The van der Waals surface area contributed by atoms with E-state index in [0.717, 1.165) is 6.42 Å². The standard InChI is InChI=1S/C18H28N4O5/c1-17(2,3)27-16(25)20-10-18(6-5-7-18)15(24)22-13(14(23)26-4)8-12-9-19-11-21-12/h9,11,13H,5-8,10H2,1-4H3,(H,19,21)(H,20,25)(H,22,24)/t13-/m0/s1. The fourth-order valence-electron chi connectivity index (χ4n) is 2.91. The summed E-state index contributed by atoms with van der Waals surface area (Å²) < 4.78 is 10.0. The molecule has 150 valence electrons. The summed E-state index contributed by atoms with van der Waals surface area (Å²) in [7, 11) is 1.28. The van der Waals surface area contributed by atoms with Gasteiger partial charge in [0, 0.05) is 24.9 Å². The molecule has 0 radical (unpaired) electrons.